The molecule has 0 saturated carbocycles. The van der Waals surface area contributed by atoms with Gasteiger partial charge in [0.25, 0.3) is 0 Å². The van der Waals surface area contributed by atoms with E-state index in [4.69, 9.17) is 22.2 Å². The van der Waals surface area contributed by atoms with Gasteiger partial charge in [-0.15, -0.1) is 0 Å². The van der Waals surface area contributed by atoms with Crippen molar-refractivity contribution in [1.29, 1.82) is 0 Å². The van der Waals surface area contributed by atoms with Gasteiger partial charge in [0.2, 0.25) is 5.95 Å². The highest BCUT2D eigenvalue weighted by atomic mass is 32.1. The van der Waals surface area contributed by atoms with Crippen LogP contribution in [0.5, 0.6) is 0 Å². The number of aromatic nitrogens is 3. The molecule has 1 aromatic carbocycles. The molecule has 3 aromatic rings. The first-order valence-corrected chi connectivity index (χ1v) is 11.8. The number of nitrogens with zero attached hydrogens (tertiary/aromatic N) is 4. The third kappa shape index (κ3) is 4.72. The maximum absolute atomic E-state index is 13.3. The van der Waals surface area contributed by atoms with Crippen molar-refractivity contribution in [2.45, 2.75) is 44.8 Å². The van der Waals surface area contributed by atoms with Crippen molar-refractivity contribution in [3.63, 3.8) is 0 Å². The minimum atomic E-state index is -4.45. The van der Waals surface area contributed by atoms with E-state index in [0.29, 0.717) is 34.7 Å². The largest absolute Gasteiger partial charge is 0.416 e. The quantitative estimate of drug-likeness (QED) is 0.474. The second-order valence-electron chi connectivity index (χ2n) is 9.26. The van der Waals surface area contributed by atoms with Crippen LogP contribution in [0.3, 0.4) is 0 Å². The lowest BCUT2D eigenvalue weighted by molar-refractivity contribution is -0.137. The number of fused-ring (bicyclic) bond motifs is 4. The minimum Gasteiger partial charge on any atom is -0.349 e. The second-order valence-corrected chi connectivity index (χ2v) is 9.76. The summed E-state index contributed by atoms with van der Waals surface area (Å²) in [5.74, 6) is 0.354. The van der Waals surface area contributed by atoms with Gasteiger partial charge in [0.05, 0.1) is 27.6 Å². The molecule has 2 aromatic heterocycles. The van der Waals surface area contributed by atoms with Gasteiger partial charge in [0.15, 0.2) is 0 Å². The van der Waals surface area contributed by atoms with Crippen LogP contribution in [0.4, 0.5) is 30.5 Å². The van der Waals surface area contributed by atoms with Crippen molar-refractivity contribution in [3.8, 4) is 11.3 Å². The Kier molecular flexibility index (Phi) is 5.96. The van der Waals surface area contributed by atoms with Crippen molar-refractivity contribution < 1.29 is 13.2 Å². The number of alkyl halides is 3. The first kappa shape index (κ1) is 23.6. The molecule has 6 nitrogen and oxygen atoms in total. The summed E-state index contributed by atoms with van der Waals surface area (Å²) in [4.78, 5) is 16.6. The summed E-state index contributed by atoms with van der Waals surface area (Å²) in [6, 6.07) is 6.15. The monoisotopic (exact) mass is 498 g/mol. The number of anilines is 3. The van der Waals surface area contributed by atoms with E-state index in [1.165, 1.54) is 11.6 Å². The Bertz CT molecular complexity index is 1320. The normalized spacial score (nSPS) is 17.2. The molecule has 2 aliphatic rings. The summed E-state index contributed by atoms with van der Waals surface area (Å²) in [6.45, 7) is 1.94. The standard InChI is InChI=1S/C25H25F3N6S/c1-13-20(9-14-8-17(34(2)3)5-7-19(14)30-13)32-24-29-12-15-10-22(35)31-21-11-16(25(26,27)28)4-6-18(21)23(15)33-24/h4,6,9,11-12,17H,5,7-8,10H2,1-3H3,(H,31,35)(H,29,32,33)/t17-/m1/s1. The van der Waals surface area contributed by atoms with Gasteiger partial charge in [0, 0.05) is 41.2 Å². The van der Waals surface area contributed by atoms with Gasteiger partial charge in [-0.1, -0.05) is 18.3 Å². The van der Waals surface area contributed by atoms with Crippen molar-refractivity contribution >= 4 is 34.5 Å². The maximum Gasteiger partial charge on any atom is 0.416 e. The smallest absolute Gasteiger partial charge is 0.349 e. The average molecular weight is 499 g/mol. The molecular formula is C25H25F3N6S. The van der Waals surface area contributed by atoms with E-state index in [0.717, 1.165) is 54.0 Å². The Labute approximate surface area is 207 Å². The molecule has 0 amide bonds. The molecule has 5 rings (SSSR count). The van der Waals surface area contributed by atoms with Gasteiger partial charge in [-0.05, 0) is 64.0 Å². The Hall–Kier alpha value is -3.11. The topological polar surface area (TPSA) is 66.0 Å². The van der Waals surface area contributed by atoms with Gasteiger partial charge in [-0.25, -0.2) is 9.97 Å². The number of pyridine rings is 1. The van der Waals surface area contributed by atoms with Crippen LogP contribution in [0.15, 0.2) is 30.5 Å². The molecule has 0 spiro atoms. The van der Waals surface area contributed by atoms with Gasteiger partial charge in [-0.2, -0.15) is 13.2 Å². The number of nitrogens with one attached hydrogen (secondary N) is 2. The van der Waals surface area contributed by atoms with E-state index in [9.17, 15) is 13.2 Å². The zero-order valence-corrected chi connectivity index (χ0v) is 20.4. The number of aryl methyl sites for hydroxylation is 2. The molecule has 182 valence electrons. The molecule has 2 N–H and O–H groups in total. The van der Waals surface area contributed by atoms with E-state index < -0.39 is 11.7 Å². The average Bonchev–Trinajstić information content (AvgIpc) is 2.93. The van der Waals surface area contributed by atoms with Gasteiger partial charge < -0.3 is 15.5 Å². The van der Waals surface area contributed by atoms with E-state index in [1.54, 1.807) is 6.20 Å². The second kappa shape index (κ2) is 8.83. The highest BCUT2D eigenvalue weighted by Crippen LogP contribution is 2.38. The summed E-state index contributed by atoms with van der Waals surface area (Å²) in [5.41, 5.74) is 5.40. The lowest BCUT2D eigenvalue weighted by atomic mass is 9.90. The molecule has 1 aliphatic carbocycles. The van der Waals surface area contributed by atoms with Crippen LogP contribution in [0, 0.1) is 6.92 Å². The fourth-order valence-corrected chi connectivity index (χ4v) is 4.93. The van der Waals surface area contributed by atoms with Crippen molar-refractivity contribution in [2.75, 3.05) is 24.7 Å². The molecule has 0 fully saturated rings. The lowest BCUT2D eigenvalue weighted by Gasteiger charge is -2.30. The number of thiocarbonyl (C=S) groups is 1. The maximum atomic E-state index is 13.3. The molecule has 0 radical (unpaired) electrons. The van der Waals surface area contributed by atoms with Gasteiger partial charge in [-0.3, -0.25) is 4.98 Å². The molecule has 0 bridgehead atoms. The zero-order valence-electron chi connectivity index (χ0n) is 19.6. The summed E-state index contributed by atoms with van der Waals surface area (Å²) >= 11 is 5.35. The highest BCUT2D eigenvalue weighted by Gasteiger charge is 2.32. The van der Waals surface area contributed by atoms with Gasteiger partial charge >= 0.3 is 6.18 Å². The molecule has 0 saturated heterocycles. The fourth-order valence-electron chi connectivity index (χ4n) is 4.66. The zero-order chi connectivity index (χ0) is 24.9. The fraction of sp³-hybridized carbons (Fsp3) is 0.360. The molecule has 1 atom stereocenters. The summed E-state index contributed by atoms with van der Waals surface area (Å²) < 4.78 is 39.8. The molecule has 3 heterocycles. The Morgan fingerprint density at radius 3 is 2.69 bits per heavy atom. The summed E-state index contributed by atoms with van der Waals surface area (Å²) in [6.07, 6.45) is 0.513. The predicted octanol–water partition coefficient (Wildman–Crippen LogP) is 5.32. The molecule has 1 aliphatic heterocycles. The number of hydrogen-bond acceptors (Lipinski definition) is 6. The lowest BCUT2D eigenvalue weighted by Crippen LogP contribution is -2.34. The van der Waals surface area contributed by atoms with Crippen LogP contribution in [-0.4, -0.2) is 45.0 Å². The van der Waals surface area contributed by atoms with Crippen LogP contribution in [0.1, 0.15) is 34.5 Å². The Morgan fingerprint density at radius 1 is 1.14 bits per heavy atom. The number of benzene rings is 1. The van der Waals surface area contributed by atoms with Crippen LogP contribution >= 0.6 is 12.2 Å². The van der Waals surface area contributed by atoms with E-state index in [2.05, 4.69) is 40.7 Å². The third-order valence-corrected chi connectivity index (χ3v) is 6.87. The van der Waals surface area contributed by atoms with E-state index in [-0.39, 0.29) is 5.69 Å². The minimum absolute atomic E-state index is 0.287. The first-order chi connectivity index (χ1) is 16.6. The number of halogens is 3. The molecule has 0 unspecified atom stereocenters. The van der Waals surface area contributed by atoms with Crippen molar-refractivity contribution in [1.82, 2.24) is 19.9 Å². The molecular weight excluding hydrogens is 473 g/mol. The summed E-state index contributed by atoms with van der Waals surface area (Å²) in [5, 5.41) is 6.22. The van der Waals surface area contributed by atoms with Crippen LogP contribution in [0.2, 0.25) is 0 Å². The van der Waals surface area contributed by atoms with E-state index in [1.807, 2.05) is 6.92 Å². The van der Waals surface area contributed by atoms with Crippen LogP contribution in [-0.2, 0) is 25.4 Å². The van der Waals surface area contributed by atoms with Crippen molar-refractivity contribution in [2.24, 2.45) is 0 Å². The van der Waals surface area contributed by atoms with Crippen molar-refractivity contribution in [3.05, 3.63) is 58.5 Å². The first-order valence-electron chi connectivity index (χ1n) is 11.4. The number of rotatable bonds is 3. The number of hydrogen-bond donors (Lipinski definition) is 2. The Balaban J connectivity index is 1.51. The summed E-state index contributed by atoms with van der Waals surface area (Å²) in [7, 11) is 4.19. The third-order valence-electron chi connectivity index (χ3n) is 6.62. The van der Waals surface area contributed by atoms with Crippen LogP contribution < -0.4 is 10.6 Å². The Morgan fingerprint density at radius 2 is 1.94 bits per heavy atom. The number of likely N-dealkylation sites (N-methyl/N-ethyl adjacent to an activating group) is 1. The van der Waals surface area contributed by atoms with Gasteiger partial charge in [0.1, 0.15) is 0 Å². The van der Waals surface area contributed by atoms with E-state index >= 15 is 0 Å². The molecule has 35 heavy (non-hydrogen) atoms. The predicted molar refractivity (Wildman–Crippen MR) is 134 cm³/mol. The SMILES string of the molecule is Cc1nc2c(cc1Nc1ncc3c(n1)-c1ccc(C(F)(F)F)cc1NC(=S)C3)C[C@H](N(C)C)CC2. The highest BCUT2D eigenvalue weighted by molar-refractivity contribution is 7.80. The van der Waals surface area contributed by atoms with Crippen LogP contribution in [0.25, 0.3) is 11.3 Å². The molecule has 10 heteroatoms.